The summed E-state index contributed by atoms with van der Waals surface area (Å²) < 4.78 is 0. The first kappa shape index (κ1) is 18.5. The molecule has 0 atom stereocenters. The van der Waals surface area contributed by atoms with Gasteiger partial charge in [0, 0.05) is 0 Å². The molecule has 0 saturated carbocycles. The Kier molecular flexibility index (Phi) is 10.0. The molecule has 0 bridgehead atoms. The largest absolute Gasteiger partial charge is 2.00 e. The van der Waals surface area contributed by atoms with Gasteiger partial charge in [-0.3, -0.25) is 0 Å². The summed E-state index contributed by atoms with van der Waals surface area (Å²) in [5, 5.41) is 20.3. The van der Waals surface area contributed by atoms with Crippen LogP contribution in [0.15, 0.2) is 60.7 Å². The molecule has 0 N–H and O–H groups in total. The average molecular weight is 314 g/mol. The van der Waals surface area contributed by atoms with E-state index < -0.39 is 0 Å². The number of benzene rings is 2. The van der Waals surface area contributed by atoms with Gasteiger partial charge in [0.25, 0.3) is 0 Å². The van der Waals surface area contributed by atoms with Gasteiger partial charge in [-0.25, -0.2) is 0 Å². The third kappa shape index (κ3) is 7.60. The molecule has 5 heteroatoms. The molecule has 0 aliphatic heterocycles. The van der Waals surface area contributed by atoms with Crippen LogP contribution in [0.3, 0.4) is 0 Å². The summed E-state index contributed by atoms with van der Waals surface area (Å²) in [7, 11) is 0. The van der Waals surface area contributed by atoms with Gasteiger partial charge in [0.2, 0.25) is 0 Å². The van der Waals surface area contributed by atoms with E-state index in [1.54, 1.807) is 48.5 Å². The molecule has 2 aromatic carbocycles. The van der Waals surface area contributed by atoms with E-state index in [9.17, 15) is 10.2 Å². The van der Waals surface area contributed by atoms with E-state index in [1.807, 2.05) is 12.1 Å². The number of hydrogen-bond acceptors (Lipinski definition) is 4. The van der Waals surface area contributed by atoms with Crippen molar-refractivity contribution in [1.29, 1.82) is 0 Å². The van der Waals surface area contributed by atoms with Gasteiger partial charge >= 0.3 is 37.7 Å². The second-order valence-corrected chi connectivity index (χ2v) is 4.05. The molecule has 92 valence electrons. The fourth-order valence-corrected chi connectivity index (χ4v) is 1.42. The normalized spacial score (nSPS) is 8.42. The van der Waals surface area contributed by atoms with Gasteiger partial charge in [-0.05, 0) is 21.2 Å². The zero-order chi connectivity index (χ0) is 13.4. The van der Waals surface area contributed by atoms with Crippen molar-refractivity contribution in [3.63, 3.8) is 0 Å². The second kappa shape index (κ2) is 10.3. The molecule has 0 radical (unpaired) electrons. The van der Waals surface area contributed by atoms with Gasteiger partial charge in [0.05, 0.1) is 0 Å². The van der Waals surface area contributed by atoms with Crippen LogP contribution < -0.4 is 10.2 Å². The molecule has 2 aromatic rings. The van der Waals surface area contributed by atoms with Gasteiger partial charge < -0.3 is 10.2 Å². The van der Waals surface area contributed by atoms with Gasteiger partial charge in [0.1, 0.15) is 0 Å². The summed E-state index contributed by atoms with van der Waals surface area (Å²) in [6, 6.07) is 17.7. The fourth-order valence-electron chi connectivity index (χ4n) is 1.15. The van der Waals surface area contributed by atoms with E-state index >= 15 is 0 Å². The summed E-state index contributed by atoms with van der Waals surface area (Å²) in [6.45, 7) is 0. The summed E-state index contributed by atoms with van der Waals surface area (Å²) in [4.78, 5) is 0. The molecule has 2 rings (SSSR count). The number of thiocarbonyl (C=S) groups is 2. The van der Waals surface area contributed by atoms with Crippen LogP contribution in [-0.4, -0.2) is 47.8 Å². The summed E-state index contributed by atoms with van der Waals surface area (Å²) in [6.07, 6.45) is 0. The Labute approximate surface area is 153 Å². The minimum atomic E-state index is -0.296. The monoisotopic (exact) mass is 314 g/mol. The maximum atomic E-state index is 10.5. The van der Waals surface area contributed by atoms with Crippen LogP contribution in [0.2, 0.25) is 0 Å². The van der Waals surface area contributed by atoms with Crippen molar-refractivity contribution in [3.05, 3.63) is 71.8 Å². The molecule has 19 heavy (non-hydrogen) atoms. The SMILES string of the molecule is [Ca+2].[O-]C(=S)c1ccccc1.[O-]C(=S)c1ccccc1. The van der Waals surface area contributed by atoms with E-state index in [-0.39, 0.29) is 47.8 Å². The van der Waals surface area contributed by atoms with Crippen molar-refractivity contribution in [2.75, 3.05) is 0 Å². The Morgan fingerprint density at radius 2 is 0.895 bits per heavy atom. The zero-order valence-corrected chi connectivity index (χ0v) is 14.0. The molecule has 0 heterocycles. The summed E-state index contributed by atoms with van der Waals surface area (Å²) in [5.41, 5.74) is 1.18. The molecule has 2 nitrogen and oxygen atoms in total. The number of rotatable bonds is 2. The van der Waals surface area contributed by atoms with Crippen molar-refractivity contribution in [3.8, 4) is 0 Å². The van der Waals surface area contributed by atoms with Crippen LogP contribution >= 0.6 is 24.4 Å². The predicted octanol–water partition coefficient (Wildman–Crippen LogP) is 1.06. The fraction of sp³-hybridized carbons (Fsp3) is 0. The van der Waals surface area contributed by atoms with Crippen LogP contribution in [-0.2, 0) is 0 Å². The van der Waals surface area contributed by atoms with Crippen LogP contribution in [0.4, 0.5) is 0 Å². The summed E-state index contributed by atoms with van der Waals surface area (Å²) >= 11 is 8.81. The quantitative estimate of drug-likeness (QED) is 0.614. The van der Waals surface area contributed by atoms with Crippen molar-refractivity contribution in [2.24, 2.45) is 0 Å². The molecule has 0 spiro atoms. The maximum Gasteiger partial charge on any atom is 2.00 e. The first-order chi connectivity index (χ1) is 8.61. The van der Waals surface area contributed by atoms with Crippen LogP contribution in [0, 0.1) is 0 Å². The van der Waals surface area contributed by atoms with Crippen molar-refractivity contribution in [2.45, 2.75) is 0 Å². The Morgan fingerprint density at radius 1 is 0.632 bits per heavy atom. The zero-order valence-electron chi connectivity index (χ0n) is 10.1. The predicted molar refractivity (Wildman–Crippen MR) is 82.0 cm³/mol. The third-order valence-corrected chi connectivity index (χ3v) is 2.49. The molecule has 0 aliphatic rings. The minimum absolute atomic E-state index is 0. The first-order valence-electron chi connectivity index (χ1n) is 5.14. The maximum absolute atomic E-state index is 10.5. The molecule has 0 amide bonds. The van der Waals surface area contributed by atoms with E-state index in [2.05, 4.69) is 24.4 Å². The van der Waals surface area contributed by atoms with Gasteiger partial charge in [-0.2, -0.15) is 0 Å². The standard InChI is InChI=1S/2C7H6OS.Ca/c2*8-7(9)6-4-2-1-3-5-6;/h2*1-5H,(H,8,9);/q;;+2/p-2. The Balaban J connectivity index is 0.000000324. The molecule has 0 aromatic heterocycles. The van der Waals surface area contributed by atoms with Gasteiger partial charge in [-0.1, -0.05) is 85.1 Å². The Morgan fingerprint density at radius 3 is 1.05 bits per heavy atom. The summed E-state index contributed by atoms with van der Waals surface area (Å²) in [5.74, 6) is 0. The van der Waals surface area contributed by atoms with Crippen LogP contribution in [0.25, 0.3) is 0 Å². The first-order valence-corrected chi connectivity index (χ1v) is 5.95. The van der Waals surface area contributed by atoms with Gasteiger partial charge in [-0.15, -0.1) is 0 Å². The Bertz CT molecular complexity index is 466. The van der Waals surface area contributed by atoms with Crippen LogP contribution in [0.5, 0.6) is 0 Å². The molecular formula is C14H10CaO2S2. The molecule has 0 aliphatic carbocycles. The average Bonchev–Trinajstić information content (AvgIpc) is 2.41. The smallest absolute Gasteiger partial charge is 0.864 e. The third-order valence-electron chi connectivity index (χ3n) is 2.02. The molecular weight excluding hydrogens is 304 g/mol. The van der Waals surface area contributed by atoms with Crippen molar-refractivity contribution >= 4 is 72.3 Å². The second-order valence-electron chi connectivity index (χ2n) is 3.31. The topological polar surface area (TPSA) is 46.1 Å². The molecule has 0 saturated heterocycles. The van der Waals surface area contributed by atoms with Crippen molar-refractivity contribution < 1.29 is 10.2 Å². The van der Waals surface area contributed by atoms with E-state index in [4.69, 9.17) is 0 Å². The van der Waals surface area contributed by atoms with Crippen LogP contribution in [0.1, 0.15) is 11.1 Å². The molecule has 0 fully saturated rings. The van der Waals surface area contributed by atoms with E-state index in [0.29, 0.717) is 11.1 Å². The number of hydrogen-bond donors (Lipinski definition) is 0. The van der Waals surface area contributed by atoms with Crippen molar-refractivity contribution in [1.82, 2.24) is 0 Å². The minimum Gasteiger partial charge on any atom is -0.864 e. The van der Waals surface area contributed by atoms with Gasteiger partial charge in [0.15, 0.2) is 0 Å². The molecule has 0 unspecified atom stereocenters. The Hall–Kier alpha value is -0.520. The van der Waals surface area contributed by atoms with E-state index in [0.717, 1.165) is 0 Å². The van der Waals surface area contributed by atoms with E-state index in [1.165, 1.54) is 0 Å².